The Hall–Kier alpha value is -0.740. The third kappa shape index (κ3) is 5.83. The van der Waals surface area contributed by atoms with Gasteiger partial charge in [0.25, 0.3) is 5.91 Å². The largest absolute Gasteiger partial charge is 0.496 e. The molecule has 19 heavy (non-hydrogen) atoms. The maximum atomic E-state index is 11.9. The number of rotatable bonds is 8. The van der Waals surface area contributed by atoms with Crippen molar-refractivity contribution < 1.29 is 9.53 Å². The molecule has 0 fully saturated rings. The zero-order chi connectivity index (χ0) is 14.1. The Balaban J connectivity index is 2.35. The van der Waals surface area contributed by atoms with Crippen molar-refractivity contribution in [1.29, 1.82) is 0 Å². The number of benzene rings is 1. The number of alkyl halides is 1. The lowest BCUT2D eigenvalue weighted by molar-refractivity contribution is 0.0953. The predicted molar refractivity (Wildman–Crippen MR) is 82.2 cm³/mol. The third-order valence-corrected chi connectivity index (χ3v) is 3.65. The van der Waals surface area contributed by atoms with Crippen LogP contribution in [-0.4, -0.2) is 25.4 Å². The summed E-state index contributed by atoms with van der Waals surface area (Å²) in [7, 11) is 1.60. The molecule has 0 atom stereocenters. The van der Waals surface area contributed by atoms with Gasteiger partial charge >= 0.3 is 0 Å². The normalized spacial score (nSPS) is 10.3. The van der Waals surface area contributed by atoms with Crippen molar-refractivity contribution in [3.05, 3.63) is 28.2 Å². The summed E-state index contributed by atoms with van der Waals surface area (Å²) in [5, 5.41) is 2.91. The van der Waals surface area contributed by atoms with Crippen LogP contribution >= 0.6 is 27.5 Å². The zero-order valence-electron chi connectivity index (χ0n) is 11.0. The first-order chi connectivity index (χ1) is 9.19. The molecule has 0 aliphatic carbocycles. The first kappa shape index (κ1) is 16.3. The number of amides is 1. The Kier molecular flexibility index (Phi) is 7.91. The Bertz CT molecular complexity index is 412. The molecule has 1 rings (SSSR count). The molecule has 1 aromatic carbocycles. The molecule has 3 nitrogen and oxygen atoms in total. The summed E-state index contributed by atoms with van der Waals surface area (Å²) >= 11 is 8.97. The molecule has 0 bridgehead atoms. The van der Waals surface area contributed by atoms with Crippen LogP contribution < -0.4 is 10.1 Å². The molecule has 1 N–H and O–H groups in total. The summed E-state index contributed by atoms with van der Waals surface area (Å²) in [6.07, 6.45) is 4.24. The Morgan fingerprint density at radius 3 is 2.68 bits per heavy atom. The molecule has 0 radical (unpaired) electrons. The monoisotopic (exact) mass is 347 g/mol. The highest BCUT2D eigenvalue weighted by atomic mass is 79.9. The molecule has 0 aliphatic heterocycles. The molecule has 1 aromatic rings. The van der Waals surface area contributed by atoms with E-state index in [-0.39, 0.29) is 5.91 Å². The second-order valence-electron chi connectivity index (χ2n) is 4.21. The van der Waals surface area contributed by atoms with Gasteiger partial charge < -0.3 is 10.1 Å². The first-order valence-corrected chi connectivity index (χ1v) is 7.69. The standard InChI is InChI=1S/C14H19BrClNO2/c1-19-13-7-6-11(10-12(13)15)14(18)17-9-5-3-2-4-8-16/h6-7,10H,2-5,8-9H2,1H3,(H,17,18). The summed E-state index contributed by atoms with van der Waals surface area (Å²) in [5.41, 5.74) is 0.633. The number of halogens is 2. The minimum absolute atomic E-state index is 0.0549. The number of carbonyl (C=O) groups excluding carboxylic acids is 1. The van der Waals surface area contributed by atoms with Crippen molar-refractivity contribution in [2.75, 3.05) is 19.5 Å². The van der Waals surface area contributed by atoms with Crippen molar-refractivity contribution in [1.82, 2.24) is 5.32 Å². The van der Waals surface area contributed by atoms with Crippen molar-refractivity contribution in [3.63, 3.8) is 0 Å². The van der Waals surface area contributed by atoms with Gasteiger partial charge in [-0.1, -0.05) is 12.8 Å². The summed E-state index contributed by atoms with van der Waals surface area (Å²) < 4.78 is 5.91. The van der Waals surface area contributed by atoms with Crippen LogP contribution in [0.15, 0.2) is 22.7 Å². The number of nitrogens with one attached hydrogen (secondary N) is 1. The molecular weight excluding hydrogens is 330 g/mol. The minimum atomic E-state index is -0.0549. The molecule has 5 heteroatoms. The van der Waals surface area contributed by atoms with E-state index < -0.39 is 0 Å². The van der Waals surface area contributed by atoms with Crippen LogP contribution in [-0.2, 0) is 0 Å². The number of unbranched alkanes of at least 4 members (excludes halogenated alkanes) is 3. The summed E-state index contributed by atoms with van der Waals surface area (Å²) in [6, 6.07) is 5.30. The SMILES string of the molecule is COc1ccc(C(=O)NCCCCCCCl)cc1Br. The van der Waals surface area contributed by atoms with E-state index in [2.05, 4.69) is 21.2 Å². The van der Waals surface area contributed by atoms with Crippen LogP contribution in [0, 0.1) is 0 Å². The second kappa shape index (κ2) is 9.21. The Morgan fingerprint density at radius 2 is 2.05 bits per heavy atom. The predicted octanol–water partition coefficient (Wildman–Crippen LogP) is 3.99. The van der Waals surface area contributed by atoms with Gasteiger partial charge in [-0.2, -0.15) is 0 Å². The lowest BCUT2D eigenvalue weighted by atomic mass is 10.2. The molecule has 1 amide bonds. The molecule has 0 saturated heterocycles. The van der Waals surface area contributed by atoms with Gasteiger partial charge in [0, 0.05) is 18.0 Å². The van der Waals surface area contributed by atoms with Gasteiger partial charge in [-0.15, -0.1) is 11.6 Å². The topological polar surface area (TPSA) is 38.3 Å². The molecule has 0 saturated carbocycles. The number of hydrogen-bond donors (Lipinski definition) is 1. The quantitative estimate of drug-likeness (QED) is 0.570. The van der Waals surface area contributed by atoms with E-state index in [1.165, 1.54) is 0 Å². The maximum absolute atomic E-state index is 11.9. The maximum Gasteiger partial charge on any atom is 0.251 e. The lowest BCUT2D eigenvalue weighted by Crippen LogP contribution is -2.24. The van der Waals surface area contributed by atoms with Crippen molar-refractivity contribution in [2.24, 2.45) is 0 Å². The summed E-state index contributed by atoms with van der Waals surface area (Å²) in [5.74, 6) is 1.38. The average molecular weight is 349 g/mol. The Labute approximate surface area is 127 Å². The fraction of sp³-hybridized carbons (Fsp3) is 0.500. The van der Waals surface area contributed by atoms with E-state index in [4.69, 9.17) is 16.3 Å². The Morgan fingerprint density at radius 1 is 1.32 bits per heavy atom. The second-order valence-corrected chi connectivity index (χ2v) is 5.44. The molecule has 0 aromatic heterocycles. The lowest BCUT2D eigenvalue weighted by Gasteiger charge is -2.07. The van der Waals surface area contributed by atoms with E-state index in [1.807, 2.05) is 0 Å². The van der Waals surface area contributed by atoms with Gasteiger partial charge in [-0.05, 0) is 47.0 Å². The van der Waals surface area contributed by atoms with Gasteiger partial charge in [-0.25, -0.2) is 0 Å². The van der Waals surface area contributed by atoms with E-state index in [1.54, 1.807) is 25.3 Å². The molecular formula is C14H19BrClNO2. The first-order valence-electron chi connectivity index (χ1n) is 6.36. The van der Waals surface area contributed by atoms with Crippen LogP contribution in [0.4, 0.5) is 0 Å². The minimum Gasteiger partial charge on any atom is -0.496 e. The highest BCUT2D eigenvalue weighted by Gasteiger charge is 2.08. The van der Waals surface area contributed by atoms with Crippen LogP contribution in [0.5, 0.6) is 5.75 Å². The van der Waals surface area contributed by atoms with Crippen LogP contribution in [0.1, 0.15) is 36.0 Å². The van der Waals surface area contributed by atoms with Crippen LogP contribution in [0.3, 0.4) is 0 Å². The van der Waals surface area contributed by atoms with Gasteiger partial charge in [0.15, 0.2) is 0 Å². The number of carbonyl (C=O) groups is 1. The van der Waals surface area contributed by atoms with E-state index >= 15 is 0 Å². The molecule has 106 valence electrons. The fourth-order valence-corrected chi connectivity index (χ4v) is 2.41. The average Bonchev–Trinajstić information content (AvgIpc) is 2.42. The van der Waals surface area contributed by atoms with Gasteiger partial charge in [0.2, 0.25) is 0 Å². The highest BCUT2D eigenvalue weighted by Crippen LogP contribution is 2.25. The number of hydrogen-bond acceptors (Lipinski definition) is 2. The highest BCUT2D eigenvalue weighted by molar-refractivity contribution is 9.10. The molecule has 0 heterocycles. The molecule has 0 spiro atoms. The summed E-state index contributed by atoms with van der Waals surface area (Å²) in [4.78, 5) is 11.9. The van der Waals surface area contributed by atoms with Crippen molar-refractivity contribution in [3.8, 4) is 5.75 Å². The zero-order valence-corrected chi connectivity index (χ0v) is 13.4. The van der Waals surface area contributed by atoms with Gasteiger partial charge in [0.1, 0.15) is 5.75 Å². The van der Waals surface area contributed by atoms with E-state index in [0.29, 0.717) is 18.0 Å². The molecule has 0 aliphatic rings. The van der Waals surface area contributed by atoms with E-state index in [0.717, 1.165) is 35.9 Å². The smallest absolute Gasteiger partial charge is 0.251 e. The van der Waals surface area contributed by atoms with Crippen LogP contribution in [0.25, 0.3) is 0 Å². The van der Waals surface area contributed by atoms with Crippen LogP contribution in [0.2, 0.25) is 0 Å². The molecule has 0 unspecified atom stereocenters. The van der Waals surface area contributed by atoms with Crippen molar-refractivity contribution in [2.45, 2.75) is 25.7 Å². The third-order valence-electron chi connectivity index (χ3n) is 2.76. The van der Waals surface area contributed by atoms with Crippen molar-refractivity contribution >= 4 is 33.4 Å². The van der Waals surface area contributed by atoms with Gasteiger partial charge in [0.05, 0.1) is 11.6 Å². The van der Waals surface area contributed by atoms with Gasteiger partial charge in [-0.3, -0.25) is 4.79 Å². The summed E-state index contributed by atoms with van der Waals surface area (Å²) in [6.45, 7) is 0.699. The number of methoxy groups -OCH3 is 1. The fourth-order valence-electron chi connectivity index (χ4n) is 1.68. The van der Waals surface area contributed by atoms with E-state index in [9.17, 15) is 4.79 Å². The number of ether oxygens (including phenoxy) is 1.